The van der Waals surface area contributed by atoms with Gasteiger partial charge in [0.05, 0.1) is 0 Å². The van der Waals surface area contributed by atoms with Gasteiger partial charge in [-0.25, -0.2) is 0 Å². The average Bonchev–Trinajstić information content (AvgIpc) is 2.15. The van der Waals surface area contributed by atoms with Crippen LogP contribution in [0.3, 0.4) is 0 Å². The molecule has 0 saturated carbocycles. The maximum atomic E-state index is 8.71. The Kier molecular flexibility index (Phi) is 3.97. The molecular formula is C12H18O. The fourth-order valence-electron chi connectivity index (χ4n) is 1.46. The third kappa shape index (κ3) is 3.19. The molecule has 1 aromatic carbocycles. The van der Waals surface area contributed by atoms with Crippen LogP contribution < -0.4 is 0 Å². The zero-order valence-corrected chi connectivity index (χ0v) is 8.46. The first-order valence-corrected chi connectivity index (χ1v) is 4.91. The van der Waals surface area contributed by atoms with Crippen molar-refractivity contribution >= 4 is 0 Å². The van der Waals surface area contributed by atoms with Crippen LogP contribution in [0.4, 0.5) is 0 Å². The first kappa shape index (κ1) is 10.3. The van der Waals surface area contributed by atoms with E-state index in [1.807, 2.05) is 0 Å². The predicted molar refractivity (Wildman–Crippen MR) is 55.9 cm³/mol. The molecule has 1 atom stereocenters. The number of hydrogen-bond donors (Lipinski definition) is 1. The van der Waals surface area contributed by atoms with Crippen molar-refractivity contribution in [3.8, 4) is 0 Å². The quantitative estimate of drug-likeness (QED) is 0.751. The molecule has 1 aromatic rings. The monoisotopic (exact) mass is 178 g/mol. The molecule has 0 spiro atoms. The molecule has 72 valence electrons. The van der Waals surface area contributed by atoms with E-state index in [4.69, 9.17) is 5.11 Å². The molecule has 0 heterocycles. The van der Waals surface area contributed by atoms with E-state index in [0.29, 0.717) is 12.5 Å². The minimum Gasteiger partial charge on any atom is -0.396 e. The Hall–Kier alpha value is -0.820. The van der Waals surface area contributed by atoms with Crippen molar-refractivity contribution in [2.45, 2.75) is 32.6 Å². The number of hydrogen-bond acceptors (Lipinski definition) is 1. The Bertz CT molecular complexity index is 238. The van der Waals surface area contributed by atoms with Crippen LogP contribution in [0, 0.1) is 6.92 Å². The second-order valence-electron chi connectivity index (χ2n) is 3.68. The van der Waals surface area contributed by atoms with Crippen LogP contribution in [0.25, 0.3) is 0 Å². The van der Waals surface area contributed by atoms with E-state index in [9.17, 15) is 0 Å². The maximum Gasteiger partial charge on any atom is 0.0431 e. The van der Waals surface area contributed by atoms with E-state index in [1.165, 1.54) is 11.1 Å². The first-order valence-electron chi connectivity index (χ1n) is 4.91. The van der Waals surface area contributed by atoms with Crippen LogP contribution in [0.1, 0.15) is 36.8 Å². The molecule has 0 saturated heterocycles. The smallest absolute Gasteiger partial charge is 0.0431 e. The topological polar surface area (TPSA) is 20.2 Å². The van der Waals surface area contributed by atoms with Crippen molar-refractivity contribution in [2.24, 2.45) is 0 Å². The zero-order valence-electron chi connectivity index (χ0n) is 8.46. The highest BCUT2D eigenvalue weighted by atomic mass is 16.2. The summed E-state index contributed by atoms with van der Waals surface area (Å²) in [4.78, 5) is 0. The van der Waals surface area contributed by atoms with Crippen molar-refractivity contribution in [3.05, 3.63) is 35.4 Å². The summed E-state index contributed by atoms with van der Waals surface area (Å²) < 4.78 is 0. The summed E-state index contributed by atoms with van der Waals surface area (Å²) in [6.45, 7) is 4.61. The van der Waals surface area contributed by atoms with E-state index >= 15 is 0 Å². The van der Waals surface area contributed by atoms with E-state index in [0.717, 1.165) is 12.8 Å². The van der Waals surface area contributed by atoms with Crippen LogP contribution in [0.5, 0.6) is 0 Å². The summed E-state index contributed by atoms with van der Waals surface area (Å²) in [6.07, 6.45) is 1.97. The Balaban J connectivity index is 2.55. The molecule has 0 aliphatic heterocycles. The Morgan fingerprint density at radius 3 is 2.38 bits per heavy atom. The minimum atomic E-state index is 0.302. The van der Waals surface area contributed by atoms with Gasteiger partial charge in [0.1, 0.15) is 0 Å². The lowest BCUT2D eigenvalue weighted by Gasteiger charge is -2.10. The second kappa shape index (κ2) is 5.03. The lowest BCUT2D eigenvalue weighted by molar-refractivity contribution is 0.281. The third-order valence-electron chi connectivity index (χ3n) is 2.44. The van der Waals surface area contributed by atoms with Gasteiger partial charge in [0.25, 0.3) is 0 Å². The fraction of sp³-hybridized carbons (Fsp3) is 0.500. The van der Waals surface area contributed by atoms with E-state index in [1.54, 1.807) is 0 Å². The number of benzene rings is 1. The summed E-state index contributed by atoms with van der Waals surface area (Å²) in [5, 5.41) is 8.71. The van der Waals surface area contributed by atoms with E-state index < -0.39 is 0 Å². The normalized spacial score (nSPS) is 12.8. The number of aliphatic hydroxyl groups is 1. The average molecular weight is 178 g/mol. The number of aliphatic hydroxyl groups excluding tert-OH is 1. The summed E-state index contributed by atoms with van der Waals surface area (Å²) in [5.41, 5.74) is 2.68. The molecule has 1 nitrogen and oxygen atoms in total. The van der Waals surface area contributed by atoms with Gasteiger partial charge in [0, 0.05) is 6.61 Å². The van der Waals surface area contributed by atoms with Gasteiger partial charge in [0.2, 0.25) is 0 Å². The van der Waals surface area contributed by atoms with Gasteiger partial charge < -0.3 is 5.11 Å². The largest absolute Gasteiger partial charge is 0.396 e. The highest BCUT2D eigenvalue weighted by molar-refractivity contribution is 5.23. The lowest BCUT2D eigenvalue weighted by atomic mass is 9.96. The lowest BCUT2D eigenvalue weighted by Crippen LogP contribution is -1.95. The molecule has 0 unspecified atom stereocenters. The summed E-state index contributed by atoms with van der Waals surface area (Å²) in [7, 11) is 0. The molecule has 1 rings (SSSR count). The van der Waals surface area contributed by atoms with Crippen LogP contribution in [-0.2, 0) is 0 Å². The Morgan fingerprint density at radius 2 is 1.85 bits per heavy atom. The SMILES string of the molecule is Cc1ccc([C@@H](C)CCCO)cc1. The molecule has 0 radical (unpaired) electrons. The molecule has 0 aliphatic carbocycles. The van der Waals surface area contributed by atoms with Gasteiger partial charge in [-0.05, 0) is 31.2 Å². The molecule has 13 heavy (non-hydrogen) atoms. The van der Waals surface area contributed by atoms with Crippen molar-refractivity contribution in [1.29, 1.82) is 0 Å². The van der Waals surface area contributed by atoms with Gasteiger partial charge in [0.15, 0.2) is 0 Å². The molecule has 0 amide bonds. The zero-order chi connectivity index (χ0) is 9.68. The molecule has 0 aliphatic rings. The predicted octanol–water partition coefficient (Wildman–Crippen LogP) is 2.87. The molecule has 1 N–H and O–H groups in total. The molecule has 0 bridgehead atoms. The van der Waals surface area contributed by atoms with Gasteiger partial charge in [-0.3, -0.25) is 0 Å². The molecular weight excluding hydrogens is 160 g/mol. The molecule has 0 fully saturated rings. The van der Waals surface area contributed by atoms with Crippen molar-refractivity contribution in [3.63, 3.8) is 0 Å². The molecule has 0 aromatic heterocycles. The highest BCUT2D eigenvalue weighted by Crippen LogP contribution is 2.20. The van der Waals surface area contributed by atoms with Gasteiger partial charge in [-0.2, -0.15) is 0 Å². The second-order valence-corrected chi connectivity index (χ2v) is 3.68. The maximum absolute atomic E-state index is 8.71. The van der Waals surface area contributed by atoms with Crippen molar-refractivity contribution < 1.29 is 5.11 Å². The highest BCUT2D eigenvalue weighted by Gasteiger charge is 2.03. The van der Waals surface area contributed by atoms with Gasteiger partial charge >= 0.3 is 0 Å². The summed E-state index contributed by atoms with van der Waals surface area (Å²) in [5.74, 6) is 0.563. The van der Waals surface area contributed by atoms with Crippen molar-refractivity contribution in [2.75, 3.05) is 6.61 Å². The first-order chi connectivity index (χ1) is 6.24. The van der Waals surface area contributed by atoms with Gasteiger partial charge in [-0.1, -0.05) is 36.8 Å². The summed E-state index contributed by atoms with van der Waals surface area (Å²) >= 11 is 0. The Morgan fingerprint density at radius 1 is 1.23 bits per heavy atom. The number of rotatable bonds is 4. The third-order valence-corrected chi connectivity index (χ3v) is 2.44. The van der Waals surface area contributed by atoms with E-state index in [-0.39, 0.29) is 0 Å². The van der Waals surface area contributed by atoms with Crippen LogP contribution in [0.15, 0.2) is 24.3 Å². The van der Waals surface area contributed by atoms with Crippen molar-refractivity contribution in [1.82, 2.24) is 0 Å². The van der Waals surface area contributed by atoms with Crippen LogP contribution in [0.2, 0.25) is 0 Å². The standard InChI is InChI=1S/C12H18O/c1-10-5-7-12(8-6-10)11(2)4-3-9-13/h5-8,11,13H,3-4,9H2,1-2H3/t11-/m0/s1. The minimum absolute atomic E-state index is 0.302. The summed E-state index contributed by atoms with van der Waals surface area (Å²) in [6, 6.07) is 8.64. The van der Waals surface area contributed by atoms with E-state index in [2.05, 4.69) is 38.1 Å². The number of aryl methyl sites for hydroxylation is 1. The van der Waals surface area contributed by atoms with Crippen LogP contribution in [-0.4, -0.2) is 11.7 Å². The Labute approximate surface area is 80.4 Å². The molecule has 1 heteroatoms. The van der Waals surface area contributed by atoms with Gasteiger partial charge in [-0.15, -0.1) is 0 Å². The van der Waals surface area contributed by atoms with Crippen LogP contribution >= 0.6 is 0 Å². The fourth-order valence-corrected chi connectivity index (χ4v) is 1.46.